The molecule has 2 atom stereocenters. The second-order valence-electron chi connectivity index (χ2n) is 9.94. The Kier molecular flexibility index (Phi) is 9.95. The molecule has 0 radical (unpaired) electrons. The zero-order valence-electron chi connectivity index (χ0n) is 23.5. The number of ether oxygens (including phenoxy) is 2. The summed E-state index contributed by atoms with van der Waals surface area (Å²) >= 11 is 6.17. The lowest BCUT2D eigenvalue weighted by Gasteiger charge is -2.32. The number of carbonyl (C=O) groups is 2. The molecule has 1 heterocycles. The number of rotatable bonds is 11. The fourth-order valence-electron chi connectivity index (χ4n) is 4.33. The molecule has 3 aromatic carbocycles. The third kappa shape index (κ3) is 7.32. The minimum Gasteiger partial charge on any atom is -0.486 e. The highest BCUT2D eigenvalue weighted by molar-refractivity contribution is 7.92. The van der Waals surface area contributed by atoms with Crippen LogP contribution in [0.2, 0.25) is 5.02 Å². The maximum Gasteiger partial charge on any atom is 0.264 e. The minimum atomic E-state index is -4.37. The van der Waals surface area contributed by atoms with Gasteiger partial charge in [-0.2, -0.15) is 0 Å². The maximum absolute atomic E-state index is 14.0. The van der Waals surface area contributed by atoms with E-state index in [0.717, 1.165) is 16.4 Å². The molecular weight excluding hydrogens is 585 g/mol. The summed E-state index contributed by atoms with van der Waals surface area (Å²) in [6.07, 6.45) is 0.687. The summed E-state index contributed by atoms with van der Waals surface area (Å²) in [5.74, 6) is -0.946. The molecule has 0 aliphatic carbocycles. The molecular formula is C30H33ClFN3O6S. The Bertz CT molecular complexity index is 1540. The summed E-state index contributed by atoms with van der Waals surface area (Å²) in [6.45, 7) is 5.28. The van der Waals surface area contributed by atoms with Gasteiger partial charge in [0.1, 0.15) is 31.6 Å². The average molecular weight is 618 g/mol. The van der Waals surface area contributed by atoms with Crippen molar-refractivity contribution in [1.29, 1.82) is 0 Å². The number of amides is 2. The van der Waals surface area contributed by atoms with Gasteiger partial charge in [-0.25, -0.2) is 12.8 Å². The van der Waals surface area contributed by atoms with E-state index in [4.69, 9.17) is 21.1 Å². The summed E-state index contributed by atoms with van der Waals surface area (Å²) in [5.41, 5.74) is 0.723. The van der Waals surface area contributed by atoms with Crippen LogP contribution in [0.5, 0.6) is 11.5 Å². The SMILES string of the molecule is CC[C@H](C)NC(=O)[C@@H](C)N(Cc1cccc(Cl)c1)C(=O)CN(c1ccc(F)cc1)S(=O)(=O)c1ccc2c(c1)OCCO2. The number of carbonyl (C=O) groups excluding carboxylic acids is 2. The van der Waals surface area contributed by atoms with Gasteiger partial charge in [0.25, 0.3) is 10.0 Å². The van der Waals surface area contributed by atoms with Crippen LogP contribution in [-0.4, -0.2) is 57.0 Å². The van der Waals surface area contributed by atoms with Crippen LogP contribution in [0.3, 0.4) is 0 Å². The van der Waals surface area contributed by atoms with Crippen LogP contribution in [0.1, 0.15) is 32.8 Å². The van der Waals surface area contributed by atoms with Crippen molar-refractivity contribution in [1.82, 2.24) is 10.2 Å². The lowest BCUT2D eigenvalue weighted by atomic mass is 10.1. The molecule has 9 nitrogen and oxygen atoms in total. The van der Waals surface area contributed by atoms with Crippen LogP contribution in [0, 0.1) is 5.82 Å². The Morgan fingerprint density at radius 1 is 1.00 bits per heavy atom. The normalized spacial score (nSPS) is 14.0. The lowest BCUT2D eigenvalue weighted by Crippen LogP contribution is -2.52. The summed E-state index contributed by atoms with van der Waals surface area (Å²) in [5, 5.41) is 3.33. The van der Waals surface area contributed by atoms with Crippen molar-refractivity contribution < 1.29 is 31.9 Å². The molecule has 12 heteroatoms. The van der Waals surface area contributed by atoms with Gasteiger partial charge in [0, 0.05) is 23.7 Å². The van der Waals surface area contributed by atoms with Crippen molar-refractivity contribution in [2.45, 2.75) is 50.7 Å². The number of benzene rings is 3. The quantitative estimate of drug-likeness (QED) is 0.332. The van der Waals surface area contributed by atoms with Crippen molar-refractivity contribution in [3.05, 3.63) is 83.1 Å². The number of anilines is 1. The molecule has 4 rings (SSSR count). The summed E-state index contributed by atoms with van der Waals surface area (Å²) in [6, 6.07) is 14.7. The molecule has 0 unspecified atom stereocenters. The minimum absolute atomic E-state index is 0.00415. The van der Waals surface area contributed by atoms with Crippen LogP contribution in [0.4, 0.5) is 10.1 Å². The first kappa shape index (κ1) is 31.1. The van der Waals surface area contributed by atoms with Gasteiger partial charge in [0.05, 0.1) is 10.6 Å². The Balaban J connectivity index is 1.72. The van der Waals surface area contributed by atoms with Gasteiger partial charge in [-0.15, -0.1) is 0 Å². The highest BCUT2D eigenvalue weighted by atomic mass is 35.5. The largest absolute Gasteiger partial charge is 0.486 e. The maximum atomic E-state index is 14.0. The lowest BCUT2D eigenvalue weighted by molar-refractivity contribution is -0.139. The number of sulfonamides is 1. The van der Waals surface area contributed by atoms with E-state index in [2.05, 4.69) is 5.32 Å². The highest BCUT2D eigenvalue weighted by Gasteiger charge is 2.33. The Morgan fingerprint density at radius 3 is 2.36 bits per heavy atom. The average Bonchev–Trinajstić information content (AvgIpc) is 2.98. The molecule has 0 saturated carbocycles. The summed E-state index contributed by atoms with van der Waals surface area (Å²) in [7, 11) is -4.37. The van der Waals surface area contributed by atoms with Crippen LogP contribution in [-0.2, 0) is 26.2 Å². The standard InChI is InChI=1S/C30H33ClFN3O6S/c1-4-20(2)33-30(37)21(3)34(18-22-6-5-7-23(31)16-22)29(36)19-35(25-10-8-24(32)9-11-25)42(38,39)26-12-13-27-28(17-26)41-15-14-40-27/h5-13,16-17,20-21H,4,14-15,18-19H2,1-3H3,(H,33,37)/t20-,21+/m0/s1. The van der Waals surface area contributed by atoms with Crippen molar-refractivity contribution in [3.8, 4) is 11.5 Å². The van der Waals surface area contributed by atoms with Crippen molar-refractivity contribution >= 4 is 39.1 Å². The van der Waals surface area contributed by atoms with Gasteiger partial charge < -0.3 is 19.7 Å². The molecule has 0 bridgehead atoms. The van der Waals surface area contributed by atoms with Crippen LogP contribution in [0.15, 0.2) is 71.6 Å². The van der Waals surface area contributed by atoms with Gasteiger partial charge in [-0.05, 0) is 74.4 Å². The molecule has 1 N–H and O–H groups in total. The van der Waals surface area contributed by atoms with Crippen LogP contribution >= 0.6 is 11.6 Å². The molecule has 3 aromatic rings. The molecule has 1 aliphatic rings. The molecule has 42 heavy (non-hydrogen) atoms. The zero-order chi connectivity index (χ0) is 30.4. The first-order chi connectivity index (χ1) is 20.0. The fourth-order valence-corrected chi connectivity index (χ4v) is 5.97. The van der Waals surface area contributed by atoms with Crippen molar-refractivity contribution in [2.75, 3.05) is 24.1 Å². The van der Waals surface area contributed by atoms with E-state index < -0.39 is 34.3 Å². The number of nitrogens with zero attached hydrogens (tertiary/aromatic N) is 2. The predicted molar refractivity (Wildman–Crippen MR) is 158 cm³/mol. The number of nitrogens with one attached hydrogen (secondary N) is 1. The number of halogens is 2. The highest BCUT2D eigenvalue weighted by Crippen LogP contribution is 2.34. The zero-order valence-corrected chi connectivity index (χ0v) is 25.1. The van der Waals surface area contributed by atoms with E-state index in [9.17, 15) is 22.4 Å². The third-order valence-electron chi connectivity index (χ3n) is 6.91. The molecule has 2 amide bonds. The van der Waals surface area contributed by atoms with E-state index in [-0.39, 0.29) is 41.4 Å². The van der Waals surface area contributed by atoms with Gasteiger partial charge in [-0.1, -0.05) is 30.7 Å². The molecule has 1 aliphatic heterocycles. The van der Waals surface area contributed by atoms with Crippen LogP contribution < -0.4 is 19.1 Å². The van der Waals surface area contributed by atoms with Gasteiger partial charge in [0.15, 0.2) is 11.5 Å². The second kappa shape index (κ2) is 13.4. The number of hydrogen-bond donors (Lipinski definition) is 1. The molecule has 224 valence electrons. The van der Waals surface area contributed by atoms with Crippen molar-refractivity contribution in [3.63, 3.8) is 0 Å². The van der Waals surface area contributed by atoms with E-state index in [1.165, 1.54) is 35.2 Å². The predicted octanol–water partition coefficient (Wildman–Crippen LogP) is 4.78. The van der Waals surface area contributed by atoms with Crippen LogP contribution in [0.25, 0.3) is 0 Å². The smallest absolute Gasteiger partial charge is 0.264 e. The first-order valence-electron chi connectivity index (χ1n) is 13.5. The van der Waals surface area contributed by atoms with Gasteiger partial charge in [0.2, 0.25) is 11.8 Å². The summed E-state index contributed by atoms with van der Waals surface area (Å²) < 4.78 is 53.8. The number of hydrogen-bond acceptors (Lipinski definition) is 6. The third-order valence-corrected chi connectivity index (χ3v) is 8.91. The Hall–Kier alpha value is -3.83. The Labute approximate surface area is 250 Å². The fraction of sp³-hybridized carbons (Fsp3) is 0.333. The number of fused-ring (bicyclic) bond motifs is 1. The van der Waals surface area contributed by atoms with Gasteiger partial charge >= 0.3 is 0 Å². The Morgan fingerprint density at radius 2 is 1.69 bits per heavy atom. The van der Waals surface area contributed by atoms with Crippen molar-refractivity contribution in [2.24, 2.45) is 0 Å². The van der Waals surface area contributed by atoms with E-state index in [0.29, 0.717) is 29.4 Å². The monoisotopic (exact) mass is 617 g/mol. The topological polar surface area (TPSA) is 105 Å². The molecule has 0 saturated heterocycles. The molecule has 0 spiro atoms. The van der Waals surface area contributed by atoms with Gasteiger partial charge in [-0.3, -0.25) is 13.9 Å². The van der Waals surface area contributed by atoms with E-state index >= 15 is 0 Å². The summed E-state index contributed by atoms with van der Waals surface area (Å²) in [4.78, 5) is 28.3. The first-order valence-corrected chi connectivity index (χ1v) is 15.3. The van der Waals surface area contributed by atoms with E-state index in [1.807, 2.05) is 13.8 Å². The second-order valence-corrected chi connectivity index (χ2v) is 12.2. The van der Waals surface area contributed by atoms with E-state index in [1.54, 1.807) is 31.2 Å². The molecule has 0 aromatic heterocycles. The molecule has 0 fully saturated rings.